The van der Waals surface area contributed by atoms with Crippen molar-refractivity contribution in [3.05, 3.63) is 18.1 Å². The lowest BCUT2D eigenvalue weighted by atomic mass is 10.4. The summed E-state index contributed by atoms with van der Waals surface area (Å²) < 4.78 is 0. The van der Waals surface area contributed by atoms with Gasteiger partial charge in [0.15, 0.2) is 5.69 Å². The van der Waals surface area contributed by atoms with E-state index < -0.39 is 5.97 Å². The van der Waals surface area contributed by atoms with Gasteiger partial charge < -0.3 is 10.4 Å². The molecule has 0 radical (unpaired) electrons. The summed E-state index contributed by atoms with van der Waals surface area (Å²) >= 11 is 0. The molecule has 0 atom stereocenters. The van der Waals surface area contributed by atoms with Crippen molar-refractivity contribution in [2.75, 3.05) is 11.9 Å². The van der Waals surface area contributed by atoms with E-state index in [1.165, 1.54) is 12.4 Å². The number of hydrogen-bond donors (Lipinski definition) is 2. The van der Waals surface area contributed by atoms with E-state index in [1.54, 1.807) is 0 Å². The van der Waals surface area contributed by atoms with Crippen molar-refractivity contribution in [2.24, 2.45) is 0 Å². The van der Waals surface area contributed by atoms with E-state index in [1.807, 2.05) is 0 Å². The molecule has 0 aliphatic rings. The normalized spacial score (nSPS) is 8.85. The van der Waals surface area contributed by atoms with Crippen LogP contribution in [0.4, 0.5) is 5.82 Å². The Hall–Kier alpha value is -2.09. The van der Waals surface area contributed by atoms with Gasteiger partial charge in [0.05, 0.1) is 18.9 Å². The molecule has 1 aromatic rings. The average Bonchev–Trinajstić information content (AvgIpc) is 2.15. The number of aromatic nitrogens is 2. The monoisotopic (exact) mass is 177 g/mol. The molecule has 0 unspecified atom stereocenters. The summed E-state index contributed by atoms with van der Waals surface area (Å²) in [4.78, 5) is 17.8. The maximum Gasteiger partial charge on any atom is 0.356 e. The fraction of sp³-hybridized carbons (Fsp3) is 0.125. The number of carboxylic acids is 1. The minimum absolute atomic E-state index is 0.0914. The Bertz CT molecular complexity index is 339. The summed E-state index contributed by atoms with van der Waals surface area (Å²) in [6.45, 7) is 0.334. The minimum atomic E-state index is -1.10. The molecule has 1 rings (SSSR count). The van der Waals surface area contributed by atoms with Crippen molar-refractivity contribution in [1.29, 1.82) is 0 Å². The predicted molar refractivity (Wildman–Crippen MR) is 46.3 cm³/mol. The van der Waals surface area contributed by atoms with Crippen LogP contribution in [-0.2, 0) is 0 Å². The predicted octanol–water partition coefficient (Wildman–Crippen LogP) is 0.220. The van der Waals surface area contributed by atoms with Gasteiger partial charge in [0, 0.05) is 0 Å². The largest absolute Gasteiger partial charge is 0.476 e. The van der Waals surface area contributed by atoms with Gasteiger partial charge in [-0.15, -0.1) is 6.42 Å². The molecule has 66 valence electrons. The third kappa shape index (κ3) is 2.45. The molecule has 1 heterocycles. The van der Waals surface area contributed by atoms with Crippen LogP contribution < -0.4 is 5.32 Å². The SMILES string of the molecule is C#CCNc1cnc(C(=O)O)cn1. The molecule has 0 fully saturated rings. The Morgan fingerprint density at radius 1 is 1.62 bits per heavy atom. The number of nitrogens with zero attached hydrogens (tertiary/aromatic N) is 2. The summed E-state index contributed by atoms with van der Waals surface area (Å²) in [6, 6.07) is 0. The number of rotatable bonds is 3. The lowest BCUT2D eigenvalue weighted by Gasteiger charge is -1.99. The molecule has 0 saturated carbocycles. The molecule has 2 N–H and O–H groups in total. The first kappa shape index (κ1) is 9.00. The van der Waals surface area contributed by atoms with Crippen LogP contribution in [0.25, 0.3) is 0 Å². The Labute approximate surface area is 74.8 Å². The molecule has 0 aromatic carbocycles. The average molecular weight is 177 g/mol. The van der Waals surface area contributed by atoms with Crippen molar-refractivity contribution >= 4 is 11.8 Å². The molecule has 0 saturated heterocycles. The van der Waals surface area contributed by atoms with Gasteiger partial charge in [0.2, 0.25) is 0 Å². The third-order valence-corrected chi connectivity index (χ3v) is 1.24. The van der Waals surface area contributed by atoms with E-state index in [0.717, 1.165) is 0 Å². The molecule has 0 spiro atoms. The van der Waals surface area contributed by atoms with Crippen LogP contribution >= 0.6 is 0 Å². The molecule has 0 bridgehead atoms. The molecular weight excluding hydrogens is 170 g/mol. The van der Waals surface area contributed by atoms with Gasteiger partial charge >= 0.3 is 5.97 Å². The number of aromatic carboxylic acids is 1. The number of carbonyl (C=O) groups is 1. The summed E-state index contributed by atoms with van der Waals surface area (Å²) in [5.74, 6) is 1.72. The highest BCUT2D eigenvalue weighted by Crippen LogP contribution is 1.99. The molecular formula is C8H7N3O2. The molecule has 5 heteroatoms. The molecule has 0 aliphatic carbocycles. The van der Waals surface area contributed by atoms with Gasteiger partial charge in [0.1, 0.15) is 5.82 Å². The minimum Gasteiger partial charge on any atom is -0.476 e. The fourth-order valence-electron chi connectivity index (χ4n) is 0.671. The van der Waals surface area contributed by atoms with Gasteiger partial charge in [-0.05, 0) is 0 Å². The summed E-state index contributed by atoms with van der Waals surface area (Å²) in [6.07, 6.45) is 7.49. The number of nitrogens with one attached hydrogen (secondary N) is 1. The van der Waals surface area contributed by atoms with E-state index in [4.69, 9.17) is 11.5 Å². The van der Waals surface area contributed by atoms with E-state index in [2.05, 4.69) is 21.2 Å². The van der Waals surface area contributed by atoms with E-state index in [9.17, 15) is 4.79 Å². The second kappa shape index (κ2) is 4.07. The Balaban J connectivity index is 2.71. The van der Waals surface area contributed by atoms with Crippen LogP contribution in [0.3, 0.4) is 0 Å². The van der Waals surface area contributed by atoms with Crippen LogP contribution in [0.15, 0.2) is 12.4 Å². The van der Waals surface area contributed by atoms with Crippen molar-refractivity contribution in [2.45, 2.75) is 0 Å². The van der Waals surface area contributed by atoms with Crippen molar-refractivity contribution in [3.63, 3.8) is 0 Å². The topological polar surface area (TPSA) is 75.1 Å². The van der Waals surface area contributed by atoms with Crippen LogP contribution in [-0.4, -0.2) is 27.6 Å². The highest BCUT2D eigenvalue weighted by atomic mass is 16.4. The van der Waals surface area contributed by atoms with Gasteiger partial charge in [-0.1, -0.05) is 5.92 Å². The Morgan fingerprint density at radius 2 is 2.38 bits per heavy atom. The summed E-state index contributed by atoms with van der Waals surface area (Å²) in [5.41, 5.74) is -0.0914. The lowest BCUT2D eigenvalue weighted by molar-refractivity contribution is 0.0690. The van der Waals surface area contributed by atoms with Gasteiger partial charge in [-0.2, -0.15) is 0 Å². The highest BCUT2D eigenvalue weighted by molar-refractivity contribution is 5.84. The standard InChI is InChI=1S/C8H7N3O2/c1-2-3-9-7-5-10-6(4-11-7)8(12)13/h1,4-5H,3H2,(H,9,11)(H,12,13). The zero-order valence-corrected chi connectivity index (χ0v) is 6.69. The number of anilines is 1. The first-order chi connectivity index (χ1) is 6.24. The molecule has 13 heavy (non-hydrogen) atoms. The highest BCUT2D eigenvalue weighted by Gasteiger charge is 2.03. The number of hydrogen-bond acceptors (Lipinski definition) is 4. The second-order valence-electron chi connectivity index (χ2n) is 2.15. The Morgan fingerprint density at radius 3 is 2.85 bits per heavy atom. The Kier molecular flexibility index (Phi) is 2.82. The van der Waals surface area contributed by atoms with Crippen LogP contribution in [0.5, 0.6) is 0 Å². The summed E-state index contributed by atoms with van der Waals surface area (Å²) in [7, 11) is 0. The zero-order chi connectivity index (χ0) is 9.68. The van der Waals surface area contributed by atoms with Crippen molar-refractivity contribution in [1.82, 2.24) is 9.97 Å². The summed E-state index contributed by atoms with van der Waals surface area (Å²) in [5, 5.41) is 11.3. The quantitative estimate of drug-likeness (QED) is 0.646. The van der Waals surface area contributed by atoms with Crippen LogP contribution in [0, 0.1) is 12.3 Å². The van der Waals surface area contributed by atoms with Crippen molar-refractivity contribution < 1.29 is 9.90 Å². The van der Waals surface area contributed by atoms with E-state index in [-0.39, 0.29) is 5.69 Å². The lowest BCUT2D eigenvalue weighted by Crippen LogP contribution is -2.05. The smallest absolute Gasteiger partial charge is 0.356 e. The van der Waals surface area contributed by atoms with Crippen LogP contribution in [0.2, 0.25) is 0 Å². The third-order valence-electron chi connectivity index (χ3n) is 1.24. The zero-order valence-electron chi connectivity index (χ0n) is 6.69. The van der Waals surface area contributed by atoms with Gasteiger partial charge in [-0.25, -0.2) is 14.8 Å². The maximum atomic E-state index is 10.4. The molecule has 0 amide bonds. The van der Waals surface area contributed by atoms with Crippen LogP contribution in [0.1, 0.15) is 10.5 Å². The van der Waals surface area contributed by atoms with Gasteiger partial charge in [0.25, 0.3) is 0 Å². The first-order valence-corrected chi connectivity index (χ1v) is 3.46. The second-order valence-corrected chi connectivity index (χ2v) is 2.15. The molecule has 0 aliphatic heterocycles. The van der Waals surface area contributed by atoms with E-state index >= 15 is 0 Å². The molecule has 5 nitrogen and oxygen atoms in total. The van der Waals surface area contributed by atoms with Crippen molar-refractivity contribution in [3.8, 4) is 12.3 Å². The molecule has 1 aromatic heterocycles. The number of terminal acetylenes is 1. The van der Waals surface area contributed by atoms with E-state index in [0.29, 0.717) is 12.4 Å². The number of carboxylic acid groups (broad SMARTS) is 1. The maximum absolute atomic E-state index is 10.4. The van der Waals surface area contributed by atoms with Gasteiger partial charge in [-0.3, -0.25) is 0 Å². The fourth-order valence-corrected chi connectivity index (χ4v) is 0.671. The first-order valence-electron chi connectivity index (χ1n) is 3.46.